The Balaban J connectivity index is 1.82. The molecule has 0 saturated carbocycles. The summed E-state index contributed by atoms with van der Waals surface area (Å²) >= 11 is 0. The van der Waals surface area contributed by atoms with Crippen molar-refractivity contribution in [1.82, 2.24) is 4.90 Å². The van der Waals surface area contributed by atoms with Crippen LogP contribution in [0.4, 0.5) is 4.39 Å². The van der Waals surface area contributed by atoms with Gasteiger partial charge in [0.2, 0.25) is 0 Å². The van der Waals surface area contributed by atoms with Gasteiger partial charge >= 0.3 is 0 Å². The van der Waals surface area contributed by atoms with Crippen molar-refractivity contribution in [3.8, 4) is 5.75 Å². The van der Waals surface area contributed by atoms with Crippen molar-refractivity contribution in [2.24, 2.45) is 0 Å². The first-order valence-corrected chi connectivity index (χ1v) is 10.8. The van der Waals surface area contributed by atoms with Gasteiger partial charge in [0, 0.05) is 24.3 Å². The Labute approximate surface area is 186 Å². The summed E-state index contributed by atoms with van der Waals surface area (Å²) in [6, 6.07) is 9.98. The second-order valence-corrected chi connectivity index (χ2v) is 8.02. The van der Waals surface area contributed by atoms with Crippen LogP contribution in [0.15, 0.2) is 48.0 Å². The molecule has 2 aliphatic heterocycles. The van der Waals surface area contributed by atoms with Crippen molar-refractivity contribution < 1.29 is 28.6 Å². The van der Waals surface area contributed by atoms with Crippen LogP contribution in [0.3, 0.4) is 0 Å². The van der Waals surface area contributed by atoms with Gasteiger partial charge < -0.3 is 19.5 Å². The van der Waals surface area contributed by atoms with Gasteiger partial charge in [0.1, 0.15) is 17.3 Å². The highest BCUT2D eigenvalue weighted by Gasteiger charge is 2.47. The number of carbonyl (C=O) groups is 2. The topological polar surface area (TPSA) is 76.1 Å². The predicted octanol–water partition coefficient (Wildman–Crippen LogP) is 4.13. The average molecular weight is 439 g/mol. The van der Waals surface area contributed by atoms with E-state index in [2.05, 4.69) is 0 Å². The van der Waals surface area contributed by atoms with Gasteiger partial charge in [0.05, 0.1) is 24.3 Å². The van der Waals surface area contributed by atoms with Gasteiger partial charge in [-0.05, 0) is 56.5 Å². The number of aryl methyl sites for hydroxylation is 1. The minimum atomic E-state index is -1.03. The Kier molecular flexibility index (Phi) is 6.28. The maximum atomic E-state index is 14.8. The molecule has 2 atom stereocenters. The van der Waals surface area contributed by atoms with Crippen molar-refractivity contribution in [3.63, 3.8) is 0 Å². The summed E-state index contributed by atoms with van der Waals surface area (Å²) in [5.74, 6) is -1.82. The highest BCUT2D eigenvalue weighted by Crippen LogP contribution is 2.41. The minimum Gasteiger partial charge on any atom is -0.507 e. The van der Waals surface area contributed by atoms with Crippen molar-refractivity contribution >= 4 is 17.4 Å². The summed E-state index contributed by atoms with van der Waals surface area (Å²) in [6.07, 6.45) is 1.39. The molecule has 0 aromatic heterocycles. The largest absolute Gasteiger partial charge is 0.507 e. The Bertz CT molecular complexity index is 1070. The molecule has 0 aliphatic carbocycles. The van der Waals surface area contributed by atoms with Crippen LogP contribution in [-0.2, 0) is 14.3 Å². The van der Waals surface area contributed by atoms with Crippen LogP contribution < -0.4 is 4.74 Å². The Hall–Kier alpha value is -3.19. The average Bonchev–Trinajstić information content (AvgIpc) is 3.38. The molecule has 32 heavy (non-hydrogen) atoms. The Morgan fingerprint density at radius 3 is 2.69 bits per heavy atom. The van der Waals surface area contributed by atoms with Crippen molar-refractivity contribution in [1.29, 1.82) is 0 Å². The van der Waals surface area contributed by atoms with E-state index in [9.17, 15) is 19.1 Å². The van der Waals surface area contributed by atoms with Gasteiger partial charge in [-0.2, -0.15) is 0 Å². The third kappa shape index (κ3) is 4.00. The SMILES string of the molecule is CCOc1ccc(/C(O)=C2\C(=O)C(=O)N(CC3CCCO3)C2c2ccccc2F)cc1C. The van der Waals surface area contributed by atoms with Crippen LogP contribution in [0.1, 0.15) is 42.5 Å². The quantitative estimate of drug-likeness (QED) is 0.416. The number of halogens is 1. The smallest absolute Gasteiger partial charge is 0.295 e. The van der Waals surface area contributed by atoms with Crippen LogP contribution in [0.2, 0.25) is 0 Å². The maximum absolute atomic E-state index is 14.8. The predicted molar refractivity (Wildman–Crippen MR) is 117 cm³/mol. The van der Waals surface area contributed by atoms with Crippen molar-refractivity contribution in [3.05, 3.63) is 70.5 Å². The van der Waals surface area contributed by atoms with E-state index >= 15 is 0 Å². The summed E-state index contributed by atoms with van der Waals surface area (Å²) in [5.41, 5.74) is 1.17. The summed E-state index contributed by atoms with van der Waals surface area (Å²) < 4.78 is 26.0. The number of nitrogens with zero attached hydrogens (tertiary/aromatic N) is 1. The lowest BCUT2D eigenvalue weighted by Crippen LogP contribution is -2.36. The highest BCUT2D eigenvalue weighted by atomic mass is 19.1. The molecule has 1 amide bonds. The summed E-state index contributed by atoms with van der Waals surface area (Å²) in [4.78, 5) is 27.4. The molecule has 1 N–H and O–H groups in total. The van der Waals surface area contributed by atoms with Crippen LogP contribution in [0.5, 0.6) is 5.75 Å². The van der Waals surface area contributed by atoms with Crippen molar-refractivity contribution in [2.75, 3.05) is 19.8 Å². The highest BCUT2D eigenvalue weighted by molar-refractivity contribution is 6.46. The van der Waals surface area contributed by atoms with Gasteiger partial charge in [-0.3, -0.25) is 9.59 Å². The lowest BCUT2D eigenvalue weighted by atomic mass is 9.94. The van der Waals surface area contributed by atoms with Crippen LogP contribution >= 0.6 is 0 Å². The van der Waals surface area contributed by atoms with Crippen LogP contribution in [0.25, 0.3) is 5.76 Å². The molecule has 2 fully saturated rings. The molecule has 2 aromatic carbocycles. The maximum Gasteiger partial charge on any atom is 0.295 e. The molecular weight excluding hydrogens is 413 g/mol. The molecule has 2 heterocycles. The van der Waals surface area contributed by atoms with E-state index in [0.717, 1.165) is 18.4 Å². The Morgan fingerprint density at radius 1 is 1.25 bits per heavy atom. The lowest BCUT2D eigenvalue weighted by molar-refractivity contribution is -0.140. The summed E-state index contributed by atoms with van der Waals surface area (Å²) in [7, 11) is 0. The number of hydrogen-bond acceptors (Lipinski definition) is 5. The number of aliphatic hydroxyl groups is 1. The molecule has 2 saturated heterocycles. The van der Waals surface area contributed by atoms with Gasteiger partial charge in [0.25, 0.3) is 11.7 Å². The Morgan fingerprint density at radius 2 is 2.03 bits per heavy atom. The number of aliphatic hydroxyl groups excluding tert-OH is 1. The molecule has 0 bridgehead atoms. The van der Waals surface area contributed by atoms with Gasteiger partial charge in [-0.1, -0.05) is 18.2 Å². The third-order valence-electron chi connectivity index (χ3n) is 5.91. The number of benzene rings is 2. The molecule has 168 valence electrons. The van der Waals surface area contributed by atoms with Gasteiger partial charge in [-0.25, -0.2) is 4.39 Å². The molecular formula is C25H26FNO5. The first-order valence-electron chi connectivity index (χ1n) is 10.8. The standard InChI is InChI=1S/C25H26FNO5/c1-3-31-20-11-10-16(13-15(20)2)23(28)21-22(18-8-4-5-9-19(18)26)27(25(30)24(21)29)14-17-7-6-12-32-17/h4-5,8-11,13,17,22,28H,3,6-7,12,14H2,1-2H3/b23-21+. The molecule has 6 nitrogen and oxygen atoms in total. The van der Waals surface area contributed by atoms with E-state index in [1.807, 2.05) is 13.8 Å². The third-order valence-corrected chi connectivity index (χ3v) is 5.91. The molecule has 2 unspecified atom stereocenters. The fourth-order valence-corrected chi connectivity index (χ4v) is 4.37. The number of likely N-dealkylation sites (tertiary alicyclic amines) is 1. The fourth-order valence-electron chi connectivity index (χ4n) is 4.37. The number of amides is 1. The number of ether oxygens (including phenoxy) is 2. The summed E-state index contributed by atoms with van der Waals surface area (Å²) in [5, 5.41) is 11.1. The number of carbonyl (C=O) groups excluding carboxylic acids is 2. The lowest BCUT2D eigenvalue weighted by Gasteiger charge is -2.27. The molecule has 0 radical (unpaired) electrons. The van der Waals surface area contributed by atoms with Gasteiger partial charge in [-0.15, -0.1) is 0 Å². The molecule has 7 heteroatoms. The van der Waals surface area contributed by atoms with E-state index < -0.39 is 23.5 Å². The zero-order chi connectivity index (χ0) is 22.8. The molecule has 0 spiro atoms. The first kappa shape index (κ1) is 22.0. The molecule has 2 aromatic rings. The van der Waals surface area contributed by atoms with E-state index in [-0.39, 0.29) is 29.5 Å². The fraction of sp³-hybridized carbons (Fsp3) is 0.360. The molecule has 2 aliphatic rings. The number of rotatable bonds is 6. The van der Waals surface area contributed by atoms with E-state index in [1.54, 1.807) is 30.3 Å². The zero-order valence-electron chi connectivity index (χ0n) is 18.1. The number of hydrogen-bond donors (Lipinski definition) is 1. The summed E-state index contributed by atoms with van der Waals surface area (Å²) in [6.45, 7) is 4.93. The second-order valence-electron chi connectivity index (χ2n) is 8.02. The van der Waals surface area contributed by atoms with Crippen LogP contribution in [-0.4, -0.2) is 47.6 Å². The van der Waals surface area contributed by atoms with Crippen LogP contribution in [0, 0.1) is 12.7 Å². The zero-order valence-corrected chi connectivity index (χ0v) is 18.1. The minimum absolute atomic E-state index is 0.123. The van der Waals surface area contributed by atoms with E-state index in [1.165, 1.54) is 17.0 Å². The first-order chi connectivity index (χ1) is 15.4. The molecule has 4 rings (SSSR count). The normalized spacial score (nSPS) is 22.5. The van der Waals surface area contributed by atoms with Crippen molar-refractivity contribution in [2.45, 2.75) is 38.8 Å². The van der Waals surface area contributed by atoms with E-state index in [0.29, 0.717) is 24.5 Å². The second kappa shape index (κ2) is 9.12. The van der Waals surface area contributed by atoms with E-state index in [4.69, 9.17) is 9.47 Å². The monoisotopic (exact) mass is 439 g/mol. The van der Waals surface area contributed by atoms with Gasteiger partial charge in [0.15, 0.2) is 0 Å². The number of Topliss-reactive ketones (excluding diaryl/α,β-unsaturated/α-hetero) is 1. The number of ketones is 1.